The van der Waals surface area contributed by atoms with E-state index in [2.05, 4.69) is 0 Å². The Morgan fingerprint density at radius 3 is 2.32 bits per heavy atom. The van der Waals surface area contributed by atoms with Crippen molar-refractivity contribution in [3.8, 4) is 22.9 Å². The van der Waals surface area contributed by atoms with Crippen molar-refractivity contribution in [1.29, 1.82) is 0 Å². The Balaban J connectivity index is 1.80. The smallest absolute Gasteiger partial charge is 0.347 e. The first-order valence-electron chi connectivity index (χ1n) is 10.8. The number of nitrogens with zero attached hydrogens (tertiary/aromatic N) is 1. The van der Waals surface area contributed by atoms with Crippen LogP contribution in [0.2, 0.25) is 0 Å². The minimum absolute atomic E-state index is 0.227. The first-order valence-corrected chi connectivity index (χ1v) is 10.8. The van der Waals surface area contributed by atoms with Crippen LogP contribution in [0.4, 0.5) is 0 Å². The first kappa shape index (κ1) is 22.9. The predicted molar refractivity (Wildman–Crippen MR) is 128 cm³/mol. The molecule has 0 bridgehead atoms. The molecular formula is C27H25NO6. The third kappa shape index (κ3) is 4.08. The van der Waals surface area contributed by atoms with Crippen molar-refractivity contribution in [2.24, 2.45) is 0 Å². The van der Waals surface area contributed by atoms with Crippen molar-refractivity contribution in [2.45, 2.75) is 13.8 Å². The highest BCUT2D eigenvalue weighted by Gasteiger charge is 2.24. The highest BCUT2D eigenvalue weighted by molar-refractivity contribution is 6.07. The van der Waals surface area contributed by atoms with Crippen LogP contribution in [0.15, 0.2) is 66.7 Å². The minimum atomic E-state index is -0.605. The van der Waals surface area contributed by atoms with Crippen molar-refractivity contribution in [3.05, 3.63) is 83.6 Å². The van der Waals surface area contributed by atoms with E-state index >= 15 is 0 Å². The van der Waals surface area contributed by atoms with E-state index in [4.69, 9.17) is 18.9 Å². The number of hydrogen-bond acceptors (Lipinski definition) is 6. The van der Waals surface area contributed by atoms with Crippen molar-refractivity contribution < 1.29 is 28.5 Å². The Morgan fingerprint density at radius 1 is 0.882 bits per heavy atom. The van der Waals surface area contributed by atoms with Crippen LogP contribution >= 0.6 is 0 Å². The van der Waals surface area contributed by atoms with Gasteiger partial charge in [0.25, 0.3) is 0 Å². The van der Waals surface area contributed by atoms with E-state index in [1.807, 2.05) is 47.9 Å². The van der Waals surface area contributed by atoms with Crippen LogP contribution < -0.4 is 14.2 Å². The lowest BCUT2D eigenvalue weighted by atomic mass is 10.1. The molecule has 1 aromatic heterocycles. The summed E-state index contributed by atoms with van der Waals surface area (Å²) < 4.78 is 23.6. The SMILES string of the molecule is CCOC(=O)c1c(C)n(-c2ccccc2)c2ccc(OC(=O)c3cccc(OC)c3OC)cc12. The number of esters is 2. The van der Waals surface area contributed by atoms with Gasteiger partial charge in [0.2, 0.25) is 0 Å². The second-order valence-electron chi connectivity index (χ2n) is 7.46. The molecular weight excluding hydrogens is 434 g/mol. The number of rotatable bonds is 7. The fourth-order valence-corrected chi connectivity index (χ4v) is 4.04. The maximum Gasteiger partial charge on any atom is 0.347 e. The minimum Gasteiger partial charge on any atom is -0.493 e. The Kier molecular flexibility index (Phi) is 6.54. The average molecular weight is 459 g/mol. The van der Waals surface area contributed by atoms with Gasteiger partial charge in [0.05, 0.1) is 31.9 Å². The normalized spacial score (nSPS) is 10.7. The number of carbonyl (C=O) groups is 2. The molecule has 34 heavy (non-hydrogen) atoms. The number of aromatic nitrogens is 1. The van der Waals surface area contributed by atoms with Crippen molar-refractivity contribution in [2.75, 3.05) is 20.8 Å². The van der Waals surface area contributed by atoms with Crippen molar-refractivity contribution in [3.63, 3.8) is 0 Å². The monoisotopic (exact) mass is 459 g/mol. The molecule has 0 saturated heterocycles. The zero-order chi connectivity index (χ0) is 24.2. The summed E-state index contributed by atoms with van der Waals surface area (Å²) in [6, 6.07) is 19.9. The quantitative estimate of drug-likeness (QED) is 0.274. The van der Waals surface area contributed by atoms with Crippen LogP contribution in [0.25, 0.3) is 16.6 Å². The molecule has 4 rings (SSSR count). The molecule has 3 aromatic carbocycles. The summed E-state index contributed by atoms with van der Waals surface area (Å²) in [5, 5.41) is 0.628. The van der Waals surface area contributed by atoms with Crippen molar-refractivity contribution >= 4 is 22.8 Å². The molecule has 0 unspecified atom stereocenters. The molecule has 0 spiro atoms. The molecule has 0 aliphatic rings. The van der Waals surface area contributed by atoms with Gasteiger partial charge >= 0.3 is 11.9 Å². The second kappa shape index (κ2) is 9.70. The van der Waals surface area contributed by atoms with Crippen LogP contribution in [-0.2, 0) is 4.74 Å². The molecule has 174 valence electrons. The number of methoxy groups -OCH3 is 2. The maximum absolute atomic E-state index is 13.0. The molecule has 0 atom stereocenters. The molecule has 0 N–H and O–H groups in total. The zero-order valence-electron chi connectivity index (χ0n) is 19.5. The third-order valence-corrected chi connectivity index (χ3v) is 5.50. The third-order valence-electron chi connectivity index (χ3n) is 5.50. The van der Waals surface area contributed by atoms with E-state index in [1.54, 1.807) is 37.3 Å². The molecule has 0 radical (unpaired) electrons. The summed E-state index contributed by atoms with van der Waals surface area (Å²) >= 11 is 0. The predicted octanol–water partition coefficient (Wildman–Crippen LogP) is 5.35. The highest BCUT2D eigenvalue weighted by Crippen LogP contribution is 2.34. The van der Waals surface area contributed by atoms with E-state index in [9.17, 15) is 9.59 Å². The molecule has 1 heterocycles. The van der Waals surface area contributed by atoms with Gasteiger partial charge in [-0.3, -0.25) is 0 Å². The van der Waals surface area contributed by atoms with Crippen LogP contribution in [0.1, 0.15) is 33.3 Å². The largest absolute Gasteiger partial charge is 0.493 e. The number of carbonyl (C=O) groups excluding carboxylic acids is 2. The zero-order valence-corrected chi connectivity index (χ0v) is 19.5. The Bertz CT molecular complexity index is 1360. The summed E-state index contributed by atoms with van der Waals surface area (Å²) in [5.74, 6) is -0.0373. The fraction of sp³-hybridized carbons (Fsp3) is 0.185. The molecule has 4 aromatic rings. The van der Waals surface area contributed by atoms with Gasteiger partial charge < -0.3 is 23.5 Å². The summed E-state index contributed by atoms with van der Waals surface area (Å²) in [7, 11) is 2.96. The number of hydrogen-bond donors (Lipinski definition) is 0. The average Bonchev–Trinajstić information content (AvgIpc) is 3.15. The van der Waals surface area contributed by atoms with E-state index in [0.717, 1.165) is 16.9 Å². The molecule has 0 fully saturated rings. The van der Waals surface area contributed by atoms with Gasteiger partial charge in [0.15, 0.2) is 11.5 Å². The van der Waals surface area contributed by atoms with Crippen LogP contribution in [0, 0.1) is 6.92 Å². The molecule has 7 heteroatoms. The Morgan fingerprint density at radius 2 is 1.65 bits per heavy atom. The van der Waals surface area contributed by atoms with Gasteiger partial charge in [-0.2, -0.15) is 0 Å². The molecule has 0 amide bonds. The van der Waals surface area contributed by atoms with E-state index < -0.39 is 11.9 Å². The van der Waals surface area contributed by atoms with Gasteiger partial charge in [0.1, 0.15) is 11.3 Å². The standard InChI is InChI=1S/C27H25NO6/c1-5-33-27(30)24-17(2)28(18-10-7-6-8-11-18)22-15-14-19(16-21(22)24)34-26(29)20-12-9-13-23(31-3)25(20)32-4/h6-16H,5H2,1-4H3. The molecule has 0 saturated carbocycles. The lowest BCUT2D eigenvalue weighted by Gasteiger charge is -2.12. The van der Waals surface area contributed by atoms with Gasteiger partial charge in [-0.25, -0.2) is 9.59 Å². The summed E-state index contributed by atoms with van der Waals surface area (Å²) in [6.07, 6.45) is 0. The van der Waals surface area contributed by atoms with Gasteiger partial charge in [0, 0.05) is 16.8 Å². The van der Waals surface area contributed by atoms with Gasteiger partial charge in [-0.15, -0.1) is 0 Å². The Labute approximate surface area is 197 Å². The number of ether oxygens (including phenoxy) is 4. The Hall–Kier alpha value is -4.26. The van der Waals surface area contributed by atoms with Gasteiger partial charge in [-0.1, -0.05) is 24.3 Å². The lowest BCUT2D eigenvalue weighted by Crippen LogP contribution is -2.11. The van der Waals surface area contributed by atoms with E-state index in [0.29, 0.717) is 16.7 Å². The van der Waals surface area contributed by atoms with Crippen molar-refractivity contribution in [1.82, 2.24) is 4.57 Å². The van der Waals surface area contributed by atoms with Crippen LogP contribution in [-0.4, -0.2) is 37.3 Å². The number of para-hydroxylation sites is 2. The van der Waals surface area contributed by atoms with Gasteiger partial charge in [-0.05, 0) is 56.3 Å². The van der Waals surface area contributed by atoms with Crippen LogP contribution in [0.3, 0.4) is 0 Å². The first-order chi connectivity index (χ1) is 16.5. The topological polar surface area (TPSA) is 76.0 Å². The second-order valence-corrected chi connectivity index (χ2v) is 7.46. The number of benzene rings is 3. The van der Waals surface area contributed by atoms with Crippen LogP contribution in [0.5, 0.6) is 17.2 Å². The fourth-order valence-electron chi connectivity index (χ4n) is 4.04. The summed E-state index contributed by atoms with van der Waals surface area (Å²) in [5.41, 5.74) is 3.10. The maximum atomic E-state index is 13.0. The van der Waals surface area contributed by atoms with E-state index in [1.165, 1.54) is 14.2 Å². The number of fused-ring (bicyclic) bond motifs is 1. The molecule has 0 aliphatic heterocycles. The summed E-state index contributed by atoms with van der Waals surface area (Å²) in [4.78, 5) is 25.8. The van der Waals surface area contributed by atoms with E-state index in [-0.39, 0.29) is 23.7 Å². The molecule has 0 aliphatic carbocycles. The lowest BCUT2D eigenvalue weighted by molar-refractivity contribution is 0.0527. The highest BCUT2D eigenvalue weighted by atomic mass is 16.5. The summed E-state index contributed by atoms with van der Waals surface area (Å²) in [6.45, 7) is 3.88. The molecule has 7 nitrogen and oxygen atoms in total.